The van der Waals surface area contributed by atoms with Gasteiger partial charge in [0.15, 0.2) is 0 Å². The molecule has 2 atom stereocenters. The van der Waals surface area contributed by atoms with Gasteiger partial charge in [-0.3, -0.25) is 4.79 Å². The van der Waals surface area contributed by atoms with E-state index in [4.69, 9.17) is 11.6 Å². The third-order valence-electron chi connectivity index (χ3n) is 3.92. The third kappa shape index (κ3) is 4.97. The molecule has 1 fully saturated rings. The molecule has 4 nitrogen and oxygen atoms in total. The number of nitrogens with one attached hydrogen (secondary N) is 1. The lowest BCUT2D eigenvalue weighted by Gasteiger charge is -2.25. The second-order valence-electron chi connectivity index (χ2n) is 5.82. The molecule has 21 heavy (non-hydrogen) atoms. The summed E-state index contributed by atoms with van der Waals surface area (Å²) in [6, 6.07) is 3.41. The molecule has 116 valence electrons. The molecule has 0 aliphatic heterocycles. The smallest absolute Gasteiger partial charge is 0.251 e. The molecule has 2 rings (SSSR count). The summed E-state index contributed by atoms with van der Waals surface area (Å²) in [6.45, 7) is 2.68. The molecule has 1 aromatic heterocycles. The average molecular weight is 311 g/mol. The summed E-state index contributed by atoms with van der Waals surface area (Å²) >= 11 is 5.97. The Bertz CT molecular complexity index is 493. The van der Waals surface area contributed by atoms with E-state index in [1.807, 2.05) is 0 Å². The Kier molecular flexibility index (Phi) is 6.00. The molecule has 0 bridgehead atoms. The molecule has 1 aliphatic rings. The molecule has 1 aliphatic carbocycles. The van der Waals surface area contributed by atoms with Gasteiger partial charge in [-0.2, -0.15) is 0 Å². The topological polar surface area (TPSA) is 62.2 Å². The second-order valence-corrected chi connectivity index (χ2v) is 6.20. The first-order valence-corrected chi connectivity index (χ1v) is 8.09. The predicted octanol–water partition coefficient (Wildman–Crippen LogP) is 2.97. The summed E-state index contributed by atoms with van der Waals surface area (Å²) in [5.41, 5.74) is 1.41. The minimum atomic E-state index is -0.216. The highest BCUT2D eigenvalue weighted by atomic mass is 35.5. The Labute approximate surface area is 130 Å². The zero-order valence-electron chi connectivity index (χ0n) is 12.4. The monoisotopic (exact) mass is 310 g/mol. The molecule has 0 aromatic carbocycles. The van der Waals surface area contributed by atoms with Gasteiger partial charge in [0.25, 0.3) is 5.91 Å². The minimum Gasteiger partial charge on any atom is -0.393 e. The number of amides is 1. The van der Waals surface area contributed by atoms with Crippen LogP contribution in [0, 0.1) is 5.92 Å². The zero-order chi connectivity index (χ0) is 15.2. The van der Waals surface area contributed by atoms with Crippen molar-refractivity contribution in [2.24, 2.45) is 5.92 Å². The van der Waals surface area contributed by atoms with Crippen molar-refractivity contribution < 1.29 is 9.90 Å². The van der Waals surface area contributed by atoms with Gasteiger partial charge in [-0.15, -0.1) is 0 Å². The SMILES string of the molecule is CCCc1cc(C(=O)NCC2CCCC(O)C2)cc(Cl)n1. The van der Waals surface area contributed by atoms with Crippen molar-refractivity contribution in [1.82, 2.24) is 10.3 Å². The average Bonchev–Trinajstić information content (AvgIpc) is 2.44. The van der Waals surface area contributed by atoms with Crippen LogP contribution in [0.15, 0.2) is 12.1 Å². The number of aliphatic hydroxyl groups is 1. The Hall–Kier alpha value is -1.13. The summed E-state index contributed by atoms with van der Waals surface area (Å²) in [4.78, 5) is 16.4. The summed E-state index contributed by atoms with van der Waals surface area (Å²) in [6.07, 6.45) is 5.32. The standard InChI is InChI=1S/C16H23ClN2O2/c1-2-4-13-8-12(9-15(17)19-13)16(21)18-10-11-5-3-6-14(20)7-11/h8-9,11,14,20H,2-7,10H2,1H3,(H,18,21). The molecular formula is C16H23ClN2O2. The lowest BCUT2D eigenvalue weighted by atomic mass is 9.87. The van der Waals surface area contributed by atoms with Crippen LogP contribution in [0.1, 0.15) is 55.1 Å². The predicted molar refractivity (Wildman–Crippen MR) is 83.5 cm³/mol. The Morgan fingerprint density at radius 2 is 2.29 bits per heavy atom. The maximum atomic E-state index is 12.2. The highest BCUT2D eigenvalue weighted by Gasteiger charge is 2.20. The Morgan fingerprint density at radius 1 is 1.48 bits per heavy atom. The van der Waals surface area contributed by atoms with Crippen molar-refractivity contribution in [2.45, 2.75) is 51.6 Å². The van der Waals surface area contributed by atoms with Crippen molar-refractivity contribution in [3.05, 3.63) is 28.5 Å². The molecule has 5 heteroatoms. The number of nitrogens with zero attached hydrogens (tertiary/aromatic N) is 1. The molecule has 1 aromatic rings. The van der Waals surface area contributed by atoms with E-state index < -0.39 is 0 Å². The van der Waals surface area contributed by atoms with E-state index in [1.165, 1.54) is 0 Å². The van der Waals surface area contributed by atoms with Gasteiger partial charge in [0.2, 0.25) is 0 Å². The van der Waals surface area contributed by atoms with Crippen LogP contribution in [0.25, 0.3) is 0 Å². The quantitative estimate of drug-likeness (QED) is 0.822. The number of hydrogen-bond acceptors (Lipinski definition) is 3. The molecule has 2 N–H and O–H groups in total. The summed E-state index contributed by atoms with van der Waals surface area (Å²) in [5.74, 6) is 0.252. The van der Waals surface area contributed by atoms with Gasteiger partial charge < -0.3 is 10.4 Å². The third-order valence-corrected chi connectivity index (χ3v) is 4.12. The number of carbonyl (C=O) groups is 1. The van der Waals surface area contributed by atoms with Crippen LogP contribution in [0.4, 0.5) is 0 Å². The maximum Gasteiger partial charge on any atom is 0.251 e. The highest BCUT2D eigenvalue weighted by Crippen LogP contribution is 2.23. The van der Waals surface area contributed by atoms with Gasteiger partial charge in [-0.1, -0.05) is 31.4 Å². The number of pyridine rings is 1. The minimum absolute atomic E-state index is 0.114. The summed E-state index contributed by atoms with van der Waals surface area (Å²) < 4.78 is 0. The Balaban J connectivity index is 1.93. The number of aryl methyl sites for hydroxylation is 1. The number of carbonyl (C=O) groups excluding carboxylic acids is 1. The van der Waals surface area contributed by atoms with Crippen LogP contribution in [-0.4, -0.2) is 28.6 Å². The van der Waals surface area contributed by atoms with Gasteiger partial charge in [0.05, 0.1) is 6.10 Å². The number of aliphatic hydroxyl groups excluding tert-OH is 1. The van der Waals surface area contributed by atoms with Crippen molar-refractivity contribution in [2.75, 3.05) is 6.54 Å². The van der Waals surface area contributed by atoms with Gasteiger partial charge in [-0.05, 0) is 43.7 Å². The highest BCUT2D eigenvalue weighted by molar-refractivity contribution is 6.29. The van der Waals surface area contributed by atoms with Gasteiger partial charge in [0, 0.05) is 17.8 Å². The fourth-order valence-corrected chi connectivity index (χ4v) is 3.08. The number of hydrogen-bond donors (Lipinski definition) is 2. The molecule has 2 unspecified atom stereocenters. The largest absolute Gasteiger partial charge is 0.393 e. The van der Waals surface area contributed by atoms with Crippen LogP contribution < -0.4 is 5.32 Å². The molecule has 1 saturated carbocycles. The first-order valence-electron chi connectivity index (χ1n) is 7.71. The first-order chi connectivity index (χ1) is 10.1. The maximum absolute atomic E-state index is 12.2. The molecule has 1 heterocycles. The first kappa shape index (κ1) is 16.2. The van der Waals surface area contributed by atoms with Crippen LogP contribution in [-0.2, 0) is 6.42 Å². The van der Waals surface area contributed by atoms with E-state index in [1.54, 1.807) is 12.1 Å². The van der Waals surface area contributed by atoms with E-state index in [0.717, 1.165) is 44.2 Å². The fraction of sp³-hybridized carbons (Fsp3) is 0.625. The molecule has 0 saturated heterocycles. The van der Waals surface area contributed by atoms with E-state index in [-0.39, 0.29) is 12.0 Å². The van der Waals surface area contributed by atoms with Crippen molar-refractivity contribution in [3.63, 3.8) is 0 Å². The van der Waals surface area contributed by atoms with Gasteiger partial charge >= 0.3 is 0 Å². The van der Waals surface area contributed by atoms with Crippen LogP contribution in [0.5, 0.6) is 0 Å². The van der Waals surface area contributed by atoms with E-state index in [9.17, 15) is 9.90 Å². The van der Waals surface area contributed by atoms with Crippen molar-refractivity contribution in [1.29, 1.82) is 0 Å². The molecule has 0 spiro atoms. The summed E-state index contributed by atoms with van der Waals surface area (Å²) in [7, 11) is 0. The number of aromatic nitrogens is 1. The van der Waals surface area contributed by atoms with E-state index in [0.29, 0.717) is 23.2 Å². The van der Waals surface area contributed by atoms with Crippen LogP contribution >= 0.6 is 11.6 Å². The number of rotatable bonds is 5. The summed E-state index contributed by atoms with van der Waals surface area (Å²) in [5, 5.41) is 13.0. The van der Waals surface area contributed by atoms with Crippen molar-refractivity contribution in [3.8, 4) is 0 Å². The molecular weight excluding hydrogens is 288 g/mol. The second kappa shape index (κ2) is 7.76. The fourth-order valence-electron chi connectivity index (χ4n) is 2.85. The van der Waals surface area contributed by atoms with Crippen LogP contribution in [0.3, 0.4) is 0 Å². The molecule has 0 radical (unpaired) electrons. The Morgan fingerprint density at radius 3 is 3.00 bits per heavy atom. The van der Waals surface area contributed by atoms with Crippen LogP contribution in [0.2, 0.25) is 5.15 Å². The van der Waals surface area contributed by atoms with Gasteiger partial charge in [0.1, 0.15) is 5.15 Å². The lowest BCUT2D eigenvalue weighted by Crippen LogP contribution is -2.33. The van der Waals surface area contributed by atoms with E-state index in [2.05, 4.69) is 17.2 Å². The van der Waals surface area contributed by atoms with E-state index >= 15 is 0 Å². The zero-order valence-corrected chi connectivity index (χ0v) is 13.2. The van der Waals surface area contributed by atoms with Gasteiger partial charge in [-0.25, -0.2) is 4.98 Å². The lowest BCUT2D eigenvalue weighted by molar-refractivity contribution is 0.0873. The van der Waals surface area contributed by atoms with Crippen molar-refractivity contribution >= 4 is 17.5 Å². The number of halogens is 1. The normalized spacial score (nSPS) is 22.0. The molecule has 1 amide bonds.